The molecular weight excluding hydrogens is 324 g/mol. The number of para-hydroxylation sites is 1. The van der Waals surface area contributed by atoms with Crippen molar-refractivity contribution >= 4 is 10.0 Å². The van der Waals surface area contributed by atoms with Gasteiger partial charge in [-0.15, -0.1) is 0 Å². The van der Waals surface area contributed by atoms with Crippen molar-refractivity contribution in [3.05, 3.63) is 54.6 Å². The fourth-order valence-electron chi connectivity index (χ4n) is 2.22. The first-order valence-electron chi connectivity index (χ1n) is 8.14. The molecule has 0 aromatic heterocycles. The minimum Gasteiger partial charge on any atom is -0.457 e. The first-order valence-corrected chi connectivity index (χ1v) is 9.63. The molecule has 6 heteroatoms. The lowest BCUT2D eigenvalue weighted by molar-refractivity contribution is 0.482. The van der Waals surface area contributed by atoms with E-state index in [2.05, 4.69) is 4.72 Å². The van der Waals surface area contributed by atoms with Crippen molar-refractivity contribution in [1.29, 1.82) is 0 Å². The third-order valence-electron chi connectivity index (χ3n) is 3.54. The minimum absolute atomic E-state index is 0.241. The van der Waals surface area contributed by atoms with Gasteiger partial charge < -0.3 is 10.5 Å². The van der Waals surface area contributed by atoms with Crippen LogP contribution >= 0.6 is 0 Å². The lowest BCUT2D eigenvalue weighted by Crippen LogP contribution is -2.24. The lowest BCUT2D eigenvalue weighted by Gasteiger charge is -2.09. The monoisotopic (exact) mass is 348 g/mol. The molecule has 0 heterocycles. The Kier molecular flexibility index (Phi) is 7.24. The zero-order valence-corrected chi connectivity index (χ0v) is 14.5. The summed E-state index contributed by atoms with van der Waals surface area (Å²) in [6.07, 6.45) is 3.80. The quantitative estimate of drug-likeness (QED) is 0.646. The first-order chi connectivity index (χ1) is 11.6. The summed E-state index contributed by atoms with van der Waals surface area (Å²) in [6, 6.07) is 15.8. The van der Waals surface area contributed by atoms with E-state index in [0.29, 0.717) is 24.6 Å². The number of hydrogen-bond donors (Lipinski definition) is 2. The smallest absolute Gasteiger partial charge is 0.240 e. The van der Waals surface area contributed by atoms with Gasteiger partial charge >= 0.3 is 0 Å². The van der Waals surface area contributed by atoms with Gasteiger partial charge in [-0.05, 0) is 55.8 Å². The second kappa shape index (κ2) is 9.42. The van der Waals surface area contributed by atoms with Crippen molar-refractivity contribution in [1.82, 2.24) is 4.72 Å². The summed E-state index contributed by atoms with van der Waals surface area (Å²) in [5, 5.41) is 0. The van der Waals surface area contributed by atoms with Crippen LogP contribution in [0.5, 0.6) is 11.5 Å². The van der Waals surface area contributed by atoms with Crippen LogP contribution in [0.4, 0.5) is 0 Å². The Balaban J connectivity index is 1.87. The summed E-state index contributed by atoms with van der Waals surface area (Å²) < 4.78 is 32.7. The molecule has 0 aliphatic carbocycles. The highest BCUT2D eigenvalue weighted by Gasteiger charge is 2.13. The molecule has 5 nitrogen and oxygen atoms in total. The van der Waals surface area contributed by atoms with Crippen LogP contribution in [0.25, 0.3) is 0 Å². The summed E-state index contributed by atoms with van der Waals surface area (Å²) in [5.41, 5.74) is 5.43. The Morgan fingerprint density at radius 2 is 1.46 bits per heavy atom. The van der Waals surface area contributed by atoms with Crippen LogP contribution in [-0.2, 0) is 10.0 Å². The van der Waals surface area contributed by atoms with E-state index in [1.54, 1.807) is 24.3 Å². The summed E-state index contributed by atoms with van der Waals surface area (Å²) in [7, 11) is -3.47. The van der Waals surface area contributed by atoms with E-state index in [0.717, 1.165) is 25.7 Å². The van der Waals surface area contributed by atoms with Gasteiger partial charge in [0.15, 0.2) is 0 Å². The van der Waals surface area contributed by atoms with Crippen molar-refractivity contribution < 1.29 is 13.2 Å². The maximum absolute atomic E-state index is 12.2. The van der Waals surface area contributed by atoms with Crippen LogP contribution in [0.1, 0.15) is 25.7 Å². The van der Waals surface area contributed by atoms with E-state index >= 15 is 0 Å². The zero-order valence-electron chi connectivity index (χ0n) is 13.6. The number of nitrogens with two attached hydrogens (primary N) is 1. The molecule has 0 saturated heterocycles. The first kappa shape index (κ1) is 18.4. The number of ether oxygens (including phenoxy) is 1. The number of sulfonamides is 1. The van der Waals surface area contributed by atoms with Crippen LogP contribution in [0, 0.1) is 0 Å². The molecule has 0 radical (unpaired) electrons. The van der Waals surface area contributed by atoms with Crippen molar-refractivity contribution in [3.8, 4) is 11.5 Å². The second-order valence-corrected chi connectivity index (χ2v) is 7.25. The van der Waals surface area contributed by atoms with Gasteiger partial charge in [0.05, 0.1) is 4.90 Å². The molecule has 0 amide bonds. The molecule has 0 bridgehead atoms. The van der Waals surface area contributed by atoms with E-state index in [1.165, 1.54) is 0 Å². The van der Waals surface area contributed by atoms with E-state index in [1.807, 2.05) is 30.3 Å². The molecule has 2 aromatic carbocycles. The average molecular weight is 348 g/mol. The second-order valence-electron chi connectivity index (χ2n) is 5.49. The predicted molar refractivity (Wildman–Crippen MR) is 95.7 cm³/mol. The van der Waals surface area contributed by atoms with Crippen molar-refractivity contribution in [2.45, 2.75) is 30.6 Å². The Hall–Kier alpha value is -1.89. The molecular formula is C18H24N2O3S. The molecule has 0 saturated carbocycles. The Morgan fingerprint density at radius 3 is 2.12 bits per heavy atom. The molecule has 0 spiro atoms. The number of rotatable bonds is 10. The van der Waals surface area contributed by atoms with Gasteiger partial charge in [0.2, 0.25) is 10.0 Å². The van der Waals surface area contributed by atoms with Gasteiger partial charge in [-0.3, -0.25) is 0 Å². The number of benzene rings is 2. The highest BCUT2D eigenvalue weighted by Crippen LogP contribution is 2.22. The largest absolute Gasteiger partial charge is 0.457 e. The molecule has 24 heavy (non-hydrogen) atoms. The summed E-state index contributed by atoms with van der Waals surface area (Å²) in [4.78, 5) is 0.241. The fraction of sp³-hybridized carbons (Fsp3) is 0.333. The summed E-state index contributed by atoms with van der Waals surface area (Å²) in [6.45, 7) is 1.12. The van der Waals surface area contributed by atoms with Crippen LogP contribution < -0.4 is 15.2 Å². The third kappa shape index (κ3) is 5.96. The molecule has 3 N–H and O–H groups in total. The minimum atomic E-state index is -3.47. The maximum atomic E-state index is 12.2. The van der Waals surface area contributed by atoms with Gasteiger partial charge in [0.25, 0.3) is 0 Å². The number of unbranched alkanes of at least 4 members (excludes halogenated alkanes) is 3. The van der Waals surface area contributed by atoms with Crippen molar-refractivity contribution in [2.75, 3.05) is 13.1 Å². The molecule has 2 rings (SSSR count). The third-order valence-corrected chi connectivity index (χ3v) is 5.01. The van der Waals surface area contributed by atoms with Crippen LogP contribution in [0.3, 0.4) is 0 Å². The number of hydrogen-bond acceptors (Lipinski definition) is 4. The van der Waals surface area contributed by atoms with Gasteiger partial charge in [-0.25, -0.2) is 13.1 Å². The molecule has 0 aliphatic rings. The predicted octanol–water partition coefficient (Wildman–Crippen LogP) is 3.28. The molecule has 130 valence electrons. The van der Waals surface area contributed by atoms with Gasteiger partial charge in [-0.1, -0.05) is 31.0 Å². The molecule has 0 unspecified atom stereocenters. The van der Waals surface area contributed by atoms with Crippen LogP contribution in [-0.4, -0.2) is 21.5 Å². The Labute approximate surface area is 143 Å². The molecule has 0 atom stereocenters. The van der Waals surface area contributed by atoms with E-state index in [4.69, 9.17) is 10.5 Å². The normalized spacial score (nSPS) is 11.4. The lowest BCUT2D eigenvalue weighted by atomic mass is 10.2. The summed E-state index contributed by atoms with van der Waals surface area (Å²) in [5.74, 6) is 1.31. The molecule has 2 aromatic rings. The molecule has 0 aliphatic heterocycles. The zero-order chi connectivity index (χ0) is 17.3. The van der Waals surface area contributed by atoms with Gasteiger partial charge in [0, 0.05) is 6.54 Å². The van der Waals surface area contributed by atoms with Crippen molar-refractivity contribution in [2.24, 2.45) is 5.73 Å². The maximum Gasteiger partial charge on any atom is 0.240 e. The van der Waals surface area contributed by atoms with E-state index in [-0.39, 0.29) is 4.90 Å². The Morgan fingerprint density at radius 1 is 0.833 bits per heavy atom. The van der Waals surface area contributed by atoms with Crippen molar-refractivity contribution in [3.63, 3.8) is 0 Å². The van der Waals surface area contributed by atoms with Gasteiger partial charge in [0.1, 0.15) is 11.5 Å². The highest BCUT2D eigenvalue weighted by molar-refractivity contribution is 7.89. The molecule has 0 fully saturated rings. The highest BCUT2D eigenvalue weighted by atomic mass is 32.2. The standard InChI is InChI=1S/C18H24N2O3S/c19-14-6-1-2-7-15-20-24(21,22)18-12-10-17(11-13-18)23-16-8-4-3-5-9-16/h3-5,8-13,20H,1-2,6-7,14-15,19H2. The average Bonchev–Trinajstić information content (AvgIpc) is 2.59. The Bertz CT molecular complexity index is 701. The van der Waals surface area contributed by atoms with E-state index in [9.17, 15) is 8.42 Å². The topological polar surface area (TPSA) is 81.4 Å². The van der Waals surface area contributed by atoms with Crippen LogP contribution in [0.2, 0.25) is 0 Å². The summed E-state index contributed by atoms with van der Waals surface area (Å²) >= 11 is 0. The number of nitrogens with one attached hydrogen (secondary N) is 1. The SMILES string of the molecule is NCCCCCCNS(=O)(=O)c1ccc(Oc2ccccc2)cc1. The fourth-order valence-corrected chi connectivity index (χ4v) is 3.30. The van der Waals surface area contributed by atoms with E-state index < -0.39 is 10.0 Å². The van der Waals surface area contributed by atoms with Gasteiger partial charge in [-0.2, -0.15) is 0 Å². The van der Waals surface area contributed by atoms with Crippen LogP contribution in [0.15, 0.2) is 59.5 Å².